The standard InChI is InChI=1S/C36H69ClO4/c1-3-5-7-9-11-13-15-17-19-21-23-25-27-29-31-33-35(38)40-41-36(39)34(37)32-30-28-26-24-22-20-18-16-14-12-10-8-6-4-2/h34H,3-33H2,1-2H3. The van der Waals surface area contributed by atoms with Crippen LogP contribution in [-0.2, 0) is 19.4 Å². The molecule has 0 amide bonds. The Hall–Kier alpha value is -0.770. The van der Waals surface area contributed by atoms with Gasteiger partial charge in [-0.3, -0.25) is 0 Å². The van der Waals surface area contributed by atoms with Crippen molar-refractivity contribution in [1.82, 2.24) is 0 Å². The molecule has 0 saturated heterocycles. The van der Waals surface area contributed by atoms with Crippen LogP contribution in [-0.4, -0.2) is 17.3 Å². The number of carbonyl (C=O) groups is 2. The molecule has 0 N–H and O–H groups in total. The minimum atomic E-state index is -0.745. The monoisotopic (exact) mass is 600 g/mol. The zero-order chi connectivity index (χ0) is 30.1. The summed E-state index contributed by atoms with van der Waals surface area (Å²) in [5.41, 5.74) is 0. The number of rotatable bonds is 32. The Morgan fingerprint density at radius 3 is 1.07 bits per heavy atom. The van der Waals surface area contributed by atoms with Gasteiger partial charge in [0, 0.05) is 0 Å². The van der Waals surface area contributed by atoms with Crippen LogP contribution < -0.4 is 0 Å². The van der Waals surface area contributed by atoms with E-state index in [1.807, 2.05) is 0 Å². The minimum absolute atomic E-state index is 0.289. The van der Waals surface area contributed by atoms with E-state index in [1.165, 1.54) is 154 Å². The average Bonchev–Trinajstić information content (AvgIpc) is 2.97. The molecule has 0 radical (unpaired) electrons. The lowest BCUT2D eigenvalue weighted by atomic mass is 10.0. The Morgan fingerprint density at radius 2 is 0.732 bits per heavy atom. The van der Waals surface area contributed by atoms with Crippen molar-refractivity contribution in [2.45, 2.75) is 218 Å². The van der Waals surface area contributed by atoms with Gasteiger partial charge in [-0.2, -0.15) is 0 Å². The molecule has 0 saturated carbocycles. The fraction of sp³-hybridized carbons (Fsp3) is 0.944. The van der Waals surface area contributed by atoms with E-state index < -0.39 is 17.3 Å². The molecule has 1 atom stereocenters. The Bertz CT molecular complexity index is 554. The van der Waals surface area contributed by atoms with Crippen LogP contribution in [0.2, 0.25) is 0 Å². The average molecular weight is 601 g/mol. The highest BCUT2D eigenvalue weighted by Crippen LogP contribution is 2.17. The second-order valence-corrected chi connectivity index (χ2v) is 12.9. The highest BCUT2D eigenvalue weighted by Gasteiger charge is 2.19. The molecule has 0 aliphatic rings. The predicted molar refractivity (Wildman–Crippen MR) is 176 cm³/mol. The summed E-state index contributed by atoms with van der Waals surface area (Å²) < 4.78 is 0. The third kappa shape index (κ3) is 32.0. The SMILES string of the molecule is CCCCCCCCCCCCCCCCCC(=O)OOC(=O)C(Cl)CCCCCCCCCCCCCCCC. The fourth-order valence-corrected chi connectivity index (χ4v) is 5.65. The van der Waals surface area contributed by atoms with Gasteiger partial charge in [0.2, 0.25) is 0 Å². The molecule has 1 unspecified atom stereocenters. The number of unbranched alkanes of at least 4 members (excludes halogenated alkanes) is 27. The van der Waals surface area contributed by atoms with E-state index in [1.54, 1.807) is 0 Å². The number of carbonyl (C=O) groups excluding carboxylic acids is 2. The van der Waals surface area contributed by atoms with Gasteiger partial charge in [-0.1, -0.05) is 194 Å². The van der Waals surface area contributed by atoms with Crippen molar-refractivity contribution in [2.24, 2.45) is 0 Å². The highest BCUT2D eigenvalue weighted by molar-refractivity contribution is 6.29. The molecule has 244 valence electrons. The highest BCUT2D eigenvalue weighted by atomic mass is 35.5. The Morgan fingerprint density at radius 1 is 0.439 bits per heavy atom. The Balaban J connectivity index is 3.39. The van der Waals surface area contributed by atoms with Crippen molar-refractivity contribution in [3.8, 4) is 0 Å². The number of alkyl halides is 1. The molecule has 0 spiro atoms. The molecular weight excluding hydrogens is 532 g/mol. The van der Waals surface area contributed by atoms with Gasteiger partial charge in [-0.05, 0) is 12.8 Å². The van der Waals surface area contributed by atoms with E-state index in [0.717, 1.165) is 32.1 Å². The second-order valence-electron chi connectivity index (χ2n) is 12.4. The van der Waals surface area contributed by atoms with Crippen LogP contribution in [0.4, 0.5) is 0 Å². The van der Waals surface area contributed by atoms with Gasteiger partial charge in [-0.25, -0.2) is 19.4 Å². The van der Waals surface area contributed by atoms with E-state index in [4.69, 9.17) is 16.5 Å². The summed E-state index contributed by atoms with van der Waals surface area (Å²) in [6.45, 7) is 4.54. The van der Waals surface area contributed by atoms with Gasteiger partial charge in [0.1, 0.15) is 5.38 Å². The summed E-state index contributed by atoms with van der Waals surface area (Å²) in [6, 6.07) is 0. The lowest BCUT2D eigenvalue weighted by molar-refractivity contribution is -0.258. The normalized spacial score (nSPS) is 12.0. The topological polar surface area (TPSA) is 52.6 Å². The molecule has 0 aliphatic carbocycles. The fourth-order valence-electron chi connectivity index (χ4n) is 5.46. The number of hydrogen-bond acceptors (Lipinski definition) is 4. The molecule has 0 heterocycles. The molecule has 0 aliphatic heterocycles. The molecular formula is C36H69ClO4. The minimum Gasteiger partial charge on any atom is -0.247 e. The summed E-state index contributed by atoms with van der Waals surface area (Å²) in [4.78, 5) is 33.2. The summed E-state index contributed by atoms with van der Waals surface area (Å²) in [5.74, 6) is -1.13. The molecule has 5 heteroatoms. The van der Waals surface area contributed by atoms with Gasteiger partial charge in [0.05, 0.1) is 6.42 Å². The van der Waals surface area contributed by atoms with Gasteiger partial charge < -0.3 is 0 Å². The van der Waals surface area contributed by atoms with Crippen LogP contribution in [0.15, 0.2) is 0 Å². The molecule has 0 aromatic carbocycles. The first-order chi connectivity index (χ1) is 20.1. The molecule has 4 nitrogen and oxygen atoms in total. The van der Waals surface area contributed by atoms with Crippen LogP contribution in [0.1, 0.15) is 213 Å². The van der Waals surface area contributed by atoms with Crippen molar-refractivity contribution in [1.29, 1.82) is 0 Å². The maximum Gasteiger partial charge on any atom is 0.373 e. The van der Waals surface area contributed by atoms with Gasteiger partial charge in [0.15, 0.2) is 0 Å². The van der Waals surface area contributed by atoms with Crippen LogP contribution in [0.3, 0.4) is 0 Å². The Labute approximate surface area is 260 Å². The molecule has 0 bridgehead atoms. The third-order valence-corrected chi connectivity index (χ3v) is 8.66. The van der Waals surface area contributed by atoms with E-state index in [0.29, 0.717) is 6.42 Å². The molecule has 0 aromatic heterocycles. The molecule has 41 heavy (non-hydrogen) atoms. The first kappa shape index (κ1) is 40.2. The van der Waals surface area contributed by atoms with Crippen LogP contribution in [0, 0.1) is 0 Å². The first-order valence-electron chi connectivity index (χ1n) is 18.2. The van der Waals surface area contributed by atoms with Crippen molar-refractivity contribution in [2.75, 3.05) is 0 Å². The van der Waals surface area contributed by atoms with Crippen molar-refractivity contribution < 1.29 is 19.4 Å². The maximum atomic E-state index is 12.0. The quantitative estimate of drug-likeness (QED) is 0.0333. The van der Waals surface area contributed by atoms with Crippen LogP contribution in [0.25, 0.3) is 0 Å². The summed E-state index contributed by atoms with van der Waals surface area (Å²) in [5, 5.41) is -0.745. The van der Waals surface area contributed by atoms with Gasteiger partial charge in [0.25, 0.3) is 0 Å². The van der Waals surface area contributed by atoms with E-state index in [-0.39, 0.29) is 6.42 Å². The second kappa shape index (κ2) is 33.7. The lowest BCUT2D eigenvalue weighted by Gasteiger charge is -2.08. The van der Waals surface area contributed by atoms with Crippen LogP contribution >= 0.6 is 11.6 Å². The van der Waals surface area contributed by atoms with E-state index in [2.05, 4.69) is 18.7 Å². The molecule has 0 fully saturated rings. The van der Waals surface area contributed by atoms with E-state index in [9.17, 15) is 9.59 Å². The zero-order valence-electron chi connectivity index (χ0n) is 27.5. The van der Waals surface area contributed by atoms with E-state index >= 15 is 0 Å². The Kier molecular flexibility index (Phi) is 33.1. The summed E-state index contributed by atoms with van der Waals surface area (Å²) >= 11 is 6.15. The van der Waals surface area contributed by atoms with Crippen molar-refractivity contribution >= 4 is 23.5 Å². The number of halogens is 1. The zero-order valence-corrected chi connectivity index (χ0v) is 28.3. The lowest BCUT2D eigenvalue weighted by Crippen LogP contribution is -2.20. The number of hydrogen-bond donors (Lipinski definition) is 0. The van der Waals surface area contributed by atoms with Gasteiger partial charge in [-0.15, -0.1) is 11.6 Å². The summed E-state index contributed by atoms with van der Waals surface area (Å²) in [6.07, 6.45) is 38.2. The molecule has 0 aromatic rings. The summed E-state index contributed by atoms with van der Waals surface area (Å²) in [7, 11) is 0. The largest absolute Gasteiger partial charge is 0.373 e. The van der Waals surface area contributed by atoms with Crippen molar-refractivity contribution in [3.05, 3.63) is 0 Å². The first-order valence-corrected chi connectivity index (χ1v) is 18.6. The molecule has 0 rings (SSSR count). The van der Waals surface area contributed by atoms with Gasteiger partial charge >= 0.3 is 11.9 Å². The van der Waals surface area contributed by atoms with Crippen molar-refractivity contribution in [3.63, 3.8) is 0 Å². The predicted octanol–water partition coefficient (Wildman–Crippen LogP) is 12.7. The van der Waals surface area contributed by atoms with Crippen LogP contribution in [0.5, 0.6) is 0 Å². The third-order valence-electron chi connectivity index (χ3n) is 8.27. The maximum absolute atomic E-state index is 12.0. The smallest absolute Gasteiger partial charge is 0.247 e.